The molecule has 332 valence electrons. The van der Waals surface area contributed by atoms with E-state index in [-0.39, 0.29) is 12.8 Å². The van der Waals surface area contributed by atoms with Crippen molar-refractivity contribution < 1.29 is 68.3 Å². The minimum atomic E-state index is -1.70. The van der Waals surface area contributed by atoms with Gasteiger partial charge in [0.1, 0.15) is 24.7 Å². The van der Waals surface area contributed by atoms with Crippen LogP contribution in [0.1, 0.15) is 104 Å². The Morgan fingerprint density at radius 3 is 2.02 bits per heavy atom. The number of hydrogen-bond acceptors (Lipinski definition) is 12. The summed E-state index contributed by atoms with van der Waals surface area (Å²) in [5.41, 5.74) is -1.70. The molecule has 6 atom stereocenters. The van der Waals surface area contributed by atoms with E-state index in [4.69, 9.17) is 14.6 Å². The second-order valence-electron chi connectivity index (χ2n) is 14.3. The number of rotatable bonds is 26. The molecule has 0 saturated carbocycles. The number of carbonyl (C=O) groups excluding carboxylic acids is 6. The predicted octanol–water partition coefficient (Wildman–Crippen LogP) is 0.881. The molecule has 0 aromatic rings. The average Bonchev–Trinajstić information content (AvgIpc) is 3.20. The first kappa shape index (κ1) is 51.9. The van der Waals surface area contributed by atoms with Crippen LogP contribution in [0.3, 0.4) is 0 Å². The molecular formula is C40H63N5O14. The van der Waals surface area contributed by atoms with Crippen LogP contribution in [0.2, 0.25) is 0 Å². The van der Waals surface area contributed by atoms with Gasteiger partial charge in [0.05, 0.1) is 13.0 Å². The summed E-state index contributed by atoms with van der Waals surface area (Å²) in [5, 5.41) is 49.6. The number of carbonyl (C=O) groups is 8. The van der Waals surface area contributed by atoms with E-state index in [0.717, 1.165) is 63.6 Å². The molecule has 9 N–H and O–H groups in total. The van der Waals surface area contributed by atoms with Gasteiger partial charge in [-0.25, -0.2) is 9.59 Å². The van der Waals surface area contributed by atoms with Crippen LogP contribution in [0.15, 0.2) is 36.6 Å². The molecule has 0 spiro atoms. The van der Waals surface area contributed by atoms with Crippen LogP contribution in [0.25, 0.3) is 0 Å². The van der Waals surface area contributed by atoms with Crippen LogP contribution in [0, 0.1) is 5.92 Å². The highest BCUT2D eigenvalue weighted by Gasteiger charge is 2.40. The van der Waals surface area contributed by atoms with Crippen molar-refractivity contribution in [3.05, 3.63) is 36.6 Å². The molecule has 1 saturated heterocycles. The summed E-state index contributed by atoms with van der Waals surface area (Å²) in [4.78, 5) is 99.5. The van der Waals surface area contributed by atoms with Crippen LogP contribution < -0.4 is 26.6 Å². The topological polar surface area (TPSA) is 296 Å². The van der Waals surface area contributed by atoms with E-state index in [1.807, 2.05) is 6.08 Å². The van der Waals surface area contributed by atoms with Gasteiger partial charge in [-0.05, 0) is 69.8 Å². The third kappa shape index (κ3) is 20.4. The number of aliphatic hydroxyl groups is 2. The van der Waals surface area contributed by atoms with Crippen molar-refractivity contribution in [3.63, 3.8) is 0 Å². The number of unbranched alkanes of at least 4 members (excludes halogenated alkanes) is 8. The van der Waals surface area contributed by atoms with Gasteiger partial charge in [0.25, 0.3) is 0 Å². The molecule has 1 aliphatic rings. The van der Waals surface area contributed by atoms with Crippen LogP contribution in [-0.4, -0.2) is 125 Å². The van der Waals surface area contributed by atoms with Crippen molar-refractivity contribution in [2.24, 2.45) is 5.92 Å². The molecular weight excluding hydrogens is 774 g/mol. The van der Waals surface area contributed by atoms with Gasteiger partial charge in [0.2, 0.25) is 29.5 Å². The maximum atomic E-state index is 13.3. The number of aliphatic carboxylic acids is 2. The second-order valence-corrected chi connectivity index (χ2v) is 14.3. The fourth-order valence-corrected chi connectivity index (χ4v) is 5.91. The highest BCUT2D eigenvalue weighted by molar-refractivity contribution is 5.97. The third-order valence-electron chi connectivity index (χ3n) is 9.71. The molecule has 19 nitrogen and oxygen atoms in total. The van der Waals surface area contributed by atoms with E-state index in [1.54, 1.807) is 19.9 Å². The van der Waals surface area contributed by atoms with Gasteiger partial charge >= 0.3 is 17.9 Å². The number of nitrogens with one attached hydrogen (secondary N) is 5. The molecule has 59 heavy (non-hydrogen) atoms. The first-order valence-electron chi connectivity index (χ1n) is 20.0. The largest absolute Gasteiger partial charge is 0.481 e. The second kappa shape index (κ2) is 29.1. The Hall–Kier alpha value is -5.14. The number of allylic oxidation sites excluding steroid dienone is 3. The zero-order valence-electron chi connectivity index (χ0n) is 34.2. The number of aliphatic hydroxyl groups excluding tert-OH is 2. The Labute approximate surface area is 344 Å². The van der Waals surface area contributed by atoms with E-state index in [9.17, 15) is 53.7 Å². The number of esters is 1. The highest BCUT2D eigenvalue weighted by atomic mass is 16.5. The molecule has 5 amide bonds. The van der Waals surface area contributed by atoms with E-state index in [0.29, 0.717) is 19.3 Å². The minimum Gasteiger partial charge on any atom is -0.481 e. The van der Waals surface area contributed by atoms with Gasteiger partial charge in [-0.15, -0.1) is 0 Å². The maximum Gasteiger partial charge on any atom is 0.336 e. The summed E-state index contributed by atoms with van der Waals surface area (Å²) < 4.78 is 10.2. The quantitative estimate of drug-likeness (QED) is 0.0253. The number of methoxy groups -OCH3 is 1. The number of amides is 5. The van der Waals surface area contributed by atoms with Crippen molar-refractivity contribution in [2.75, 3.05) is 26.9 Å². The zero-order chi connectivity index (χ0) is 44.2. The Balaban J connectivity index is 2.52. The molecule has 0 aliphatic carbocycles. The van der Waals surface area contributed by atoms with E-state index in [2.05, 4.69) is 32.7 Å². The summed E-state index contributed by atoms with van der Waals surface area (Å²) >= 11 is 0. The lowest BCUT2D eigenvalue weighted by atomic mass is 9.92. The van der Waals surface area contributed by atoms with Crippen molar-refractivity contribution in [1.29, 1.82) is 0 Å². The number of ether oxygens (including phenoxy) is 2. The van der Waals surface area contributed by atoms with Gasteiger partial charge in [-0.3, -0.25) is 28.8 Å². The SMILES string of the molecule is CCC(C)C1NC(=O)C(NC(=O)C=CNC(=O)C=CCCCCCCCC=CCCCCC(CC(=O)O)(OC)C(=O)O)COC(=O)C(CO)NC(=O)C(CCO)NC1=O. The van der Waals surface area contributed by atoms with Gasteiger partial charge in [0.15, 0.2) is 11.6 Å². The Morgan fingerprint density at radius 2 is 1.44 bits per heavy atom. The van der Waals surface area contributed by atoms with Crippen LogP contribution in [0.5, 0.6) is 0 Å². The molecule has 0 aromatic heterocycles. The van der Waals surface area contributed by atoms with Gasteiger partial charge in [-0.1, -0.05) is 57.8 Å². The van der Waals surface area contributed by atoms with Crippen molar-refractivity contribution in [3.8, 4) is 0 Å². The van der Waals surface area contributed by atoms with E-state index < -0.39 is 109 Å². The summed E-state index contributed by atoms with van der Waals surface area (Å²) in [6.45, 7) is 1.38. The lowest BCUT2D eigenvalue weighted by Crippen LogP contribution is -2.59. The molecule has 1 rings (SSSR count). The molecule has 0 radical (unpaired) electrons. The summed E-state index contributed by atoms with van der Waals surface area (Å²) in [6.07, 6.45) is 17.5. The fourth-order valence-electron chi connectivity index (χ4n) is 5.91. The molecule has 0 bridgehead atoms. The average molecular weight is 838 g/mol. The lowest BCUT2D eigenvalue weighted by molar-refractivity contribution is -0.170. The minimum absolute atomic E-state index is 0.124. The van der Waals surface area contributed by atoms with E-state index in [1.165, 1.54) is 13.2 Å². The summed E-state index contributed by atoms with van der Waals surface area (Å²) in [6, 6.07) is -5.53. The summed E-state index contributed by atoms with van der Waals surface area (Å²) in [7, 11) is 1.21. The molecule has 6 unspecified atom stereocenters. The van der Waals surface area contributed by atoms with Crippen molar-refractivity contribution in [2.45, 2.75) is 134 Å². The first-order valence-corrected chi connectivity index (χ1v) is 20.0. The maximum absolute atomic E-state index is 13.3. The number of hydrogen-bond donors (Lipinski definition) is 9. The third-order valence-corrected chi connectivity index (χ3v) is 9.71. The number of carboxylic acids is 2. The van der Waals surface area contributed by atoms with Gasteiger partial charge in [-0.2, -0.15) is 0 Å². The van der Waals surface area contributed by atoms with Crippen LogP contribution >= 0.6 is 0 Å². The number of carboxylic acid groups (broad SMARTS) is 2. The Morgan fingerprint density at radius 1 is 0.831 bits per heavy atom. The Kier molecular flexibility index (Phi) is 25.6. The highest BCUT2D eigenvalue weighted by Crippen LogP contribution is 2.24. The Bertz CT molecular complexity index is 1480. The van der Waals surface area contributed by atoms with E-state index >= 15 is 0 Å². The zero-order valence-corrected chi connectivity index (χ0v) is 34.2. The molecule has 1 fully saturated rings. The standard InChI is InChI=1S/C40H63N5O14/c1-4-27(2)34-37(54)43-28(20-23-46)35(52)44-29(25-47)38(55)59-26-30(36(53)45-34)42-32(49)19-22-41-31(48)18-16-14-12-10-8-6-5-7-9-11-13-15-17-21-40(58-3,39(56)57)24-33(50)51/h9,11,16,18-19,22,27-30,34,46-47H,4-8,10,12-15,17,20-21,23-26H2,1-3H3,(H,41,48)(H,42,49)(H,43,54)(H,44,52)(H,45,53)(H,50,51)(H,56,57). The molecule has 0 aromatic carbocycles. The summed E-state index contributed by atoms with van der Waals surface area (Å²) in [5.74, 6) is -7.86. The predicted molar refractivity (Wildman–Crippen MR) is 213 cm³/mol. The van der Waals surface area contributed by atoms with Crippen molar-refractivity contribution >= 4 is 47.4 Å². The van der Waals surface area contributed by atoms with Crippen molar-refractivity contribution in [1.82, 2.24) is 26.6 Å². The fraction of sp³-hybridized carbons (Fsp3) is 0.650. The molecule has 19 heteroatoms. The monoisotopic (exact) mass is 837 g/mol. The molecule has 1 aliphatic heterocycles. The normalized spacial score (nSPS) is 21.0. The first-order chi connectivity index (χ1) is 28.1. The van der Waals surface area contributed by atoms with Gasteiger partial charge in [0, 0.05) is 26.0 Å². The number of cyclic esters (lactones) is 1. The van der Waals surface area contributed by atoms with Crippen LogP contribution in [-0.2, 0) is 47.8 Å². The molecule has 1 heterocycles. The lowest BCUT2D eigenvalue weighted by Gasteiger charge is -2.27. The smallest absolute Gasteiger partial charge is 0.336 e. The van der Waals surface area contributed by atoms with Crippen LogP contribution in [0.4, 0.5) is 0 Å². The van der Waals surface area contributed by atoms with Gasteiger partial charge < -0.3 is 56.5 Å².